The zero-order valence-electron chi connectivity index (χ0n) is 9.03. The molecule has 0 spiro atoms. The molecule has 1 fully saturated rings. The molecule has 0 aromatic carbocycles. The van der Waals surface area contributed by atoms with Gasteiger partial charge in [-0.2, -0.15) is 4.98 Å². The summed E-state index contributed by atoms with van der Waals surface area (Å²) in [4.78, 5) is 4.32. The van der Waals surface area contributed by atoms with Crippen molar-refractivity contribution in [3.05, 3.63) is 11.7 Å². The van der Waals surface area contributed by atoms with Gasteiger partial charge in [0.2, 0.25) is 5.89 Å². The van der Waals surface area contributed by atoms with Crippen LogP contribution < -0.4 is 5.32 Å². The maximum absolute atomic E-state index is 5.23. The molecule has 84 valence electrons. The average molecular weight is 211 g/mol. The Kier molecular flexibility index (Phi) is 3.69. The first-order chi connectivity index (χ1) is 7.38. The van der Waals surface area contributed by atoms with E-state index in [2.05, 4.69) is 15.5 Å². The number of nitrogens with one attached hydrogen (secondary N) is 1. The Hall–Kier alpha value is -0.940. The summed E-state index contributed by atoms with van der Waals surface area (Å²) in [6, 6.07) is 0. The first-order valence-electron chi connectivity index (χ1n) is 5.48. The van der Waals surface area contributed by atoms with Gasteiger partial charge in [-0.25, -0.2) is 0 Å². The molecule has 15 heavy (non-hydrogen) atoms. The molecule has 5 nitrogen and oxygen atoms in total. The highest BCUT2D eigenvalue weighted by Crippen LogP contribution is 2.10. The molecule has 1 N–H and O–H groups in total. The zero-order valence-corrected chi connectivity index (χ0v) is 9.03. The summed E-state index contributed by atoms with van der Waals surface area (Å²) in [5.74, 6) is 2.18. The molecule has 2 heterocycles. The fourth-order valence-electron chi connectivity index (χ4n) is 1.52. The van der Waals surface area contributed by atoms with E-state index in [0.29, 0.717) is 12.5 Å². The van der Waals surface area contributed by atoms with E-state index in [1.54, 1.807) is 0 Å². The number of hydrogen-bond donors (Lipinski definition) is 1. The highest BCUT2D eigenvalue weighted by molar-refractivity contribution is 4.91. The standard InChI is InChI=1S/C10H17N3O2/c1-2-14-4-3-9-12-10(15-13-9)5-8-6-11-7-8/h8,11H,2-7H2,1H3. The first-order valence-corrected chi connectivity index (χ1v) is 5.48. The molecule has 0 saturated carbocycles. The fraction of sp³-hybridized carbons (Fsp3) is 0.800. The molecule has 0 bridgehead atoms. The van der Waals surface area contributed by atoms with E-state index in [4.69, 9.17) is 9.26 Å². The van der Waals surface area contributed by atoms with Gasteiger partial charge in [0, 0.05) is 19.4 Å². The predicted octanol–water partition coefficient (Wildman–Crippen LogP) is 0.410. The van der Waals surface area contributed by atoms with Crippen LogP contribution in [0.25, 0.3) is 0 Å². The molecular weight excluding hydrogens is 194 g/mol. The Labute approximate surface area is 89.2 Å². The van der Waals surface area contributed by atoms with E-state index < -0.39 is 0 Å². The maximum Gasteiger partial charge on any atom is 0.227 e. The lowest BCUT2D eigenvalue weighted by Crippen LogP contribution is -2.43. The first kappa shape index (κ1) is 10.6. The van der Waals surface area contributed by atoms with Crippen LogP contribution in [0.3, 0.4) is 0 Å². The summed E-state index contributed by atoms with van der Waals surface area (Å²) in [6.07, 6.45) is 1.63. The van der Waals surface area contributed by atoms with Gasteiger partial charge in [-0.15, -0.1) is 0 Å². The Morgan fingerprint density at radius 2 is 2.40 bits per heavy atom. The lowest BCUT2D eigenvalue weighted by Gasteiger charge is -2.25. The Morgan fingerprint density at radius 1 is 1.53 bits per heavy atom. The monoisotopic (exact) mass is 211 g/mol. The van der Waals surface area contributed by atoms with Crippen molar-refractivity contribution in [1.29, 1.82) is 0 Å². The van der Waals surface area contributed by atoms with Crippen LogP contribution in [-0.4, -0.2) is 36.4 Å². The van der Waals surface area contributed by atoms with Crippen molar-refractivity contribution < 1.29 is 9.26 Å². The fourth-order valence-corrected chi connectivity index (χ4v) is 1.52. The van der Waals surface area contributed by atoms with E-state index in [0.717, 1.165) is 44.3 Å². The van der Waals surface area contributed by atoms with Crippen LogP contribution in [0.5, 0.6) is 0 Å². The van der Waals surface area contributed by atoms with Gasteiger partial charge in [0.25, 0.3) is 0 Å². The predicted molar refractivity (Wildman–Crippen MR) is 54.6 cm³/mol. The minimum absolute atomic E-state index is 0.667. The molecule has 1 aliphatic heterocycles. The van der Waals surface area contributed by atoms with Crippen LogP contribution in [0.1, 0.15) is 18.6 Å². The van der Waals surface area contributed by atoms with E-state index in [1.165, 1.54) is 0 Å². The van der Waals surface area contributed by atoms with Crippen molar-refractivity contribution in [2.24, 2.45) is 5.92 Å². The van der Waals surface area contributed by atoms with Gasteiger partial charge in [0.1, 0.15) is 0 Å². The second-order valence-electron chi connectivity index (χ2n) is 3.78. The van der Waals surface area contributed by atoms with Gasteiger partial charge < -0.3 is 14.6 Å². The third-order valence-electron chi connectivity index (χ3n) is 2.51. The van der Waals surface area contributed by atoms with Crippen molar-refractivity contribution in [2.45, 2.75) is 19.8 Å². The summed E-state index contributed by atoms with van der Waals surface area (Å²) < 4.78 is 10.4. The van der Waals surface area contributed by atoms with Crippen molar-refractivity contribution in [1.82, 2.24) is 15.5 Å². The molecule has 1 aliphatic rings. The summed E-state index contributed by atoms with van der Waals surface area (Å²) in [6.45, 7) is 5.51. The molecule has 1 aromatic rings. The molecule has 0 atom stereocenters. The van der Waals surface area contributed by atoms with Gasteiger partial charge in [0.15, 0.2) is 5.82 Å². The Balaban J connectivity index is 1.75. The van der Waals surface area contributed by atoms with E-state index >= 15 is 0 Å². The van der Waals surface area contributed by atoms with Crippen LogP contribution >= 0.6 is 0 Å². The van der Waals surface area contributed by atoms with Crippen LogP contribution in [0.2, 0.25) is 0 Å². The Morgan fingerprint density at radius 3 is 3.07 bits per heavy atom. The van der Waals surface area contributed by atoms with Gasteiger partial charge in [-0.3, -0.25) is 0 Å². The van der Waals surface area contributed by atoms with Crippen LogP contribution in [-0.2, 0) is 17.6 Å². The second kappa shape index (κ2) is 5.23. The maximum atomic E-state index is 5.23. The molecule has 0 aliphatic carbocycles. The molecule has 2 rings (SSSR count). The van der Waals surface area contributed by atoms with Crippen molar-refractivity contribution in [3.8, 4) is 0 Å². The normalized spacial score (nSPS) is 16.6. The average Bonchev–Trinajstić information content (AvgIpc) is 2.60. The third kappa shape index (κ3) is 3.00. The van der Waals surface area contributed by atoms with Crippen molar-refractivity contribution in [3.63, 3.8) is 0 Å². The number of aromatic nitrogens is 2. The lowest BCUT2D eigenvalue weighted by atomic mass is 10.00. The molecule has 1 saturated heterocycles. The van der Waals surface area contributed by atoms with Gasteiger partial charge in [-0.05, 0) is 25.9 Å². The lowest BCUT2D eigenvalue weighted by molar-refractivity contribution is 0.149. The van der Waals surface area contributed by atoms with Gasteiger partial charge >= 0.3 is 0 Å². The number of hydrogen-bond acceptors (Lipinski definition) is 5. The minimum atomic E-state index is 0.667. The van der Waals surface area contributed by atoms with Crippen molar-refractivity contribution >= 4 is 0 Å². The molecule has 1 aromatic heterocycles. The third-order valence-corrected chi connectivity index (χ3v) is 2.51. The summed E-state index contributed by atoms with van der Waals surface area (Å²) >= 11 is 0. The smallest absolute Gasteiger partial charge is 0.227 e. The zero-order chi connectivity index (χ0) is 10.5. The molecular formula is C10H17N3O2. The van der Waals surface area contributed by atoms with Crippen LogP contribution in [0.4, 0.5) is 0 Å². The van der Waals surface area contributed by atoms with Crippen LogP contribution in [0.15, 0.2) is 4.52 Å². The Bertz CT molecular complexity index is 297. The topological polar surface area (TPSA) is 60.2 Å². The minimum Gasteiger partial charge on any atom is -0.381 e. The molecule has 5 heteroatoms. The largest absolute Gasteiger partial charge is 0.381 e. The molecule has 0 unspecified atom stereocenters. The number of nitrogens with zero attached hydrogens (tertiary/aromatic N) is 2. The summed E-state index contributed by atoms with van der Waals surface area (Å²) in [5.41, 5.74) is 0. The number of rotatable bonds is 6. The summed E-state index contributed by atoms with van der Waals surface area (Å²) in [7, 11) is 0. The van der Waals surface area contributed by atoms with E-state index in [-0.39, 0.29) is 0 Å². The van der Waals surface area contributed by atoms with Crippen molar-refractivity contribution in [2.75, 3.05) is 26.3 Å². The molecule has 0 amide bonds. The van der Waals surface area contributed by atoms with E-state index in [9.17, 15) is 0 Å². The SMILES string of the molecule is CCOCCc1noc(CC2CNC2)n1. The second-order valence-corrected chi connectivity index (χ2v) is 3.78. The molecule has 0 radical (unpaired) electrons. The number of ether oxygens (including phenoxy) is 1. The van der Waals surface area contributed by atoms with Crippen LogP contribution in [0, 0.1) is 5.92 Å². The highest BCUT2D eigenvalue weighted by atomic mass is 16.5. The highest BCUT2D eigenvalue weighted by Gasteiger charge is 2.20. The summed E-state index contributed by atoms with van der Waals surface area (Å²) in [5, 5.41) is 7.13. The van der Waals surface area contributed by atoms with Gasteiger partial charge in [0.05, 0.1) is 6.61 Å². The van der Waals surface area contributed by atoms with E-state index in [1.807, 2.05) is 6.92 Å². The van der Waals surface area contributed by atoms with Gasteiger partial charge in [-0.1, -0.05) is 5.16 Å². The quantitative estimate of drug-likeness (QED) is 0.691.